The molecule has 2 rings (SSSR count). The summed E-state index contributed by atoms with van der Waals surface area (Å²) in [6.45, 7) is 11.9. The average Bonchev–Trinajstić information content (AvgIpc) is 2.52. The van der Waals surface area contributed by atoms with Gasteiger partial charge in [-0.05, 0) is 36.5 Å². The summed E-state index contributed by atoms with van der Waals surface area (Å²) in [5.74, 6) is -2.24. The molecule has 2 N–H and O–H groups in total. The van der Waals surface area contributed by atoms with E-state index in [0.717, 1.165) is 16.8 Å². The molecule has 1 aromatic carbocycles. The van der Waals surface area contributed by atoms with E-state index in [1.54, 1.807) is 13.8 Å². The van der Waals surface area contributed by atoms with Crippen molar-refractivity contribution in [3.8, 4) is 0 Å². The number of carboxylic acid groups (broad SMARTS) is 1. The maximum absolute atomic E-state index is 11.6. The number of anilines is 1. The van der Waals surface area contributed by atoms with Gasteiger partial charge in [0.25, 0.3) is 0 Å². The average molecular weight is 348 g/mol. The van der Waals surface area contributed by atoms with Crippen LogP contribution in [-0.4, -0.2) is 53.2 Å². The maximum Gasteiger partial charge on any atom is 0.394 e. The highest BCUT2D eigenvalue weighted by Gasteiger charge is 2.29. The number of rotatable bonds is 2. The number of aliphatic carboxylic acids is 1. The third kappa shape index (κ3) is 4.31. The highest BCUT2D eigenvalue weighted by molar-refractivity contribution is 6.31. The summed E-state index contributed by atoms with van der Waals surface area (Å²) < 4.78 is 0. The van der Waals surface area contributed by atoms with Gasteiger partial charge < -0.3 is 20.0 Å². The van der Waals surface area contributed by atoms with Gasteiger partial charge in [0.05, 0.1) is 5.60 Å². The van der Waals surface area contributed by atoms with Crippen molar-refractivity contribution in [2.75, 3.05) is 31.1 Å². The summed E-state index contributed by atoms with van der Waals surface area (Å²) in [5, 5.41) is 19.2. The Bertz CT molecular complexity index is 663. The minimum absolute atomic E-state index is 0.107. The first-order chi connectivity index (χ1) is 11.4. The van der Waals surface area contributed by atoms with Crippen LogP contribution < -0.4 is 4.90 Å². The monoisotopic (exact) mass is 348 g/mol. The molecular weight excluding hydrogens is 320 g/mol. The van der Waals surface area contributed by atoms with E-state index in [4.69, 9.17) is 5.11 Å². The Morgan fingerprint density at radius 1 is 1.00 bits per heavy atom. The molecule has 1 aliphatic heterocycles. The largest absolute Gasteiger partial charge is 0.474 e. The highest BCUT2D eigenvalue weighted by Crippen LogP contribution is 2.35. The van der Waals surface area contributed by atoms with Gasteiger partial charge in [0.1, 0.15) is 0 Å². The lowest BCUT2D eigenvalue weighted by atomic mass is 9.82. The van der Waals surface area contributed by atoms with Crippen molar-refractivity contribution in [3.05, 3.63) is 29.3 Å². The van der Waals surface area contributed by atoms with Crippen molar-refractivity contribution in [2.24, 2.45) is 0 Å². The first-order valence-corrected chi connectivity index (χ1v) is 8.56. The first-order valence-electron chi connectivity index (χ1n) is 8.56. The van der Waals surface area contributed by atoms with Crippen LogP contribution in [0.4, 0.5) is 5.69 Å². The number of hydrogen-bond donors (Lipinski definition) is 2. The quantitative estimate of drug-likeness (QED) is 0.799. The van der Waals surface area contributed by atoms with E-state index in [-0.39, 0.29) is 5.41 Å². The molecule has 1 aliphatic rings. The second kappa shape index (κ2) is 6.67. The summed E-state index contributed by atoms with van der Waals surface area (Å²) >= 11 is 0. The van der Waals surface area contributed by atoms with Crippen LogP contribution in [0.25, 0.3) is 0 Å². The molecule has 0 aliphatic carbocycles. The molecule has 0 atom stereocenters. The Labute approximate surface area is 149 Å². The lowest BCUT2D eigenvalue weighted by molar-refractivity contribution is -0.156. The molecule has 1 saturated heterocycles. The molecule has 0 aromatic heterocycles. The van der Waals surface area contributed by atoms with Gasteiger partial charge in [0.15, 0.2) is 0 Å². The highest BCUT2D eigenvalue weighted by atomic mass is 16.4. The van der Waals surface area contributed by atoms with Crippen molar-refractivity contribution in [1.82, 2.24) is 4.90 Å². The van der Waals surface area contributed by atoms with Crippen LogP contribution in [0.1, 0.15) is 45.7 Å². The number of piperazine rings is 1. The first kappa shape index (κ1) is 19.2. The van der Waals surface area contributed by atoms with E-state index in [0.29, 0.717) is 26.2 Å². The molecule has 0 radical (unpaired) electrons. The van der Waals surface area contributed by atoms with Crippen LogP contribution in [0.2, 0.25) is 0 Å². The lowest BCUT2D eigenvalue weighted by Crippen LogP contribution is -2.51. The molecule has 6 heteroatoms. The third-order valence-corrected chi connectivity index (χ3v) is 4.60. The Morgan fingerprint density at radius 2 is 1.56 bits per heavy atom. The Kier molecular flexibility index (Phi) is 5.14. The third-order valence-electron chi connectivity index (χ3n) is 4.60. The molecule has 138 valence electrons. The second-order valence-electron chi connectivity index (χ2n) is 8.13. The lowest BCUT2D eigenvalue weighted by Gasteiger charge is -2.38. The molecule has 0 saturated carbocycles. The van der Waals surface area contributed by atoms with Gasteiger partial charge in [-0.1, -0.05) is 32.9 Å². The minimum Gasteiger partial charge on any atom is -0.474 e. The van der Waals surface area contributed by atoms with E-state index >= 15 is 0 Å². The number of carboxylic acids is 1. The fraction of sp³-hybridized carbons (Fsp3) is 0.579. The Morgan fingerprint density at radius 3 is 2.00 bits per heavy atom. The SMILES string of the molecule is CC(C)(C)c1cc(C(C)(C)O)ccc1N1CCN(C(=O)C(=O)O)CC1. The van der Waals surface area contributed by atoms with Crippen LogP contribution >= 0.6 is 0 Å². The van der Waals surface area contributed by atoms with Crippen LogP contribution in [0.15, 0.2) is 18.2 Å². The van der Waals surface area contributed by atoms with Gasteiger partial charge in [-0.25, -0.2) is 4.79 Å². The maximum atomic E-state index is 11.6. The molecule has 0 spiro atoms. The summed E-state index contributed by atoms with van der Waals surface area (Å²) in [4.78, 5) is 26.0. The number of benzene rings is 1. The van der Waals surface area contributed by atoms with Crippen molar-refractivity contribution in [2.45, 2.75) is 45.6 Å². The summed E-state index contributed by atoms with van der Waals surface area (Å²) in [7, 11) is 0. The minimum atomic E-state index is -1.40. The Balaban J connectivity index is 2.28. The molecule has 1 amide bonds. The van der Waals surface area contributed by atoms with E-state index in [2.05, 4.69) is 25.7 Å². The molecule has 1 heterocycles. The van der Waals surface area contributed by atoms with Gasteiger partial charge in [-0.2, -0.15) is 0 Å². The molecule has 0 bridgehead atoms. The smallest absolute Gasteiger partial charge is 0.394 e. The van der Waals surface area contributed by atoms with Gasteiger partial charge in [0, 0.05) is 31.9 Å². The number of aliphatic hydroxyl groups is 1. The van der Waals surface area contributed by atoms with Gasteiger partial charge >= 0.3 is 11.9 Å². The normalized spacial score (nSPS) is 16.1. The summed E-state index contributed by atoms with van der Waals surface area (Å²) in [5.41, 5.74) is 2.05. The fourth-order valence-corrected chi connectivity index (χ4v) is 3.08. The van der Waals surface area contributed by atoms with Gasteiger partial charge in [-0.3, -0.25) is 4.79 Å². The standard InChI is InChI=1S/C19H28N2O4/c1-18(2,3)14-12-13(19(4,5)25)6-7-15(14)20-8-10-21(11-9-20)16(22)17(23)24/h6-7,12,25H,8-11H2,1-5H3,(H,23,24). The van der Waals surface area contributed by atoms with Crippen molar-refractivity contribution >= 4 is 17.6 Å². The zero-order valence-electron chi connectivity index (χ0n) is 15.7. The van der Waals surface area contributed by atoms with Crippen LogP contribution in [-0.2, 0) is 20.6 Å². The number of amides is 1. The van der Waals surface area contributed by atoms with Crippen LogP contribution in [0.5, 0.6) is 0 Å². The van der Waals surface area contributed by atoms with E-state index in [1.807, 2.05) is 18.2 Å². The summed E-state index contributed by atoms with van der Waals surface area (Å²) in [6, 6.07) is 5.99. The van der Waals surface area contributed by atoms with Crippen LogP contribution in [0.3, 0.4) is 0 Å². The van der Waals surface area contributed by atoms with E-state index in [9.17, 15) is 14.7 Å². The molecule has 1 aromatic rings. The topological polar surface area (TPSA) is 81.1 Å². The van der Waals surface area contributed by atoms with Crippen molar-refractivity contribution < 1.29 is 19.8 Å². The zero-order chi connectivity index (χ0) is 19.0. The van der Waals surface area contributed by atoms with E-state index < -0.39 is 17.5 Å². The molecule has 0 unspecified atom stereocenters. The molecular formula is C19H28N2O4. The fourth-order valence-electron chi connectivity index (χ4n) is 3.08. The number of nitrogens with zero attached hydrogens (tertiary/aromatic N) is 2. The van der Waals surface area contributed by atoms with E-state index in [1.165, 1.54) is 4.90 Å². The Hall–Kier alpha value is -2.08. The molecule has 25 heavy (non-hydrogen) atoms. The number of carbonyl (C=O) groups excluding carboxylic acids is 1. The molecule has 6 nitrogen and oxygen atoms in total. The van der Waals surface area contributed by atoms with Crippen LogP contribution in [0, 0.1) is 0 Å². The van der Waals surface area contributed by atoms with Gasteiger partial charge in [-0.15, -0.1) is 0 Å². The van der Waals surface area contributed by atoms with Crippen molar-refractivity contribution in [1.29, 1.82) is 0 Å². The predicted molar refractivity (Wildman–Crippen MR) is 96.8 cm³/mol. The zero-order valence-corrected chi connectivity index (χ0v) is 15.7. The number of carbonyl (C=O) groups is 2. The molecule has 1 fully saturated rings. The van der Waals surface area contributed by atoms with Gasteiger partial charge in [0.2, 0.25) is 0 Å². The van der Waals surface area contributed by atoms with Crippen molar-refractivity contribution in [3.63, 3.8) is 0 Å². The predicted octanol–water partition coefficient (Wildman–Crippen LogP) is 1.94. The summed E-state index contributed by atoms with van der Waals surface area (Å²) in [6.07, 6.45) is 0. The second-order valence-corrected chi connectivity index (χ2v) is 8.13. The number of hydrogen-bond acceptors (Lipinski definition) is 4.